The van der Waals surface area contributed by atoms with Crippen LogP contribution in [-0.2, 0) is 7.05 Å². The number of nitrogens with zero attached hydrogens (tertiary/aromatic N) is 4. The standard InChI is InChI=1S/C6H7N5O2/c1-11-5(12)3-4(9-10-8-3)7-6(11)13-2/h1-2H3,(H,8,9,10). The summed E-state index contributed by atoms with van der Waals surface area (Å²) in [6.07, 6.45) is 0. The third kappa shape index (κ3) is 0.968. The molecule has 2 heterocycles. The minimum Gasteiger partial charge on any atom is -0.468 e. The summed E-state index contributed by atoms with van der Waals surface area (Å²) < 4.78 is 6.14. The van der Waals surface area contributed by atoms with Gasteiger partial charge in [0, 0.05) is 7.05 Å². The lowest BCUT2D eigenvalue weighted by molar-refractivity contribution is 0.359. The number of hydrogen-bond acceptors (Lipinski definition) is 5. The molecule has 0 amide bonds. The number of nitrogens with one attached hydrogen (secondary N) is 1. The van der Waals surface area contributed by atoms with E-state index in [1.807, 2.05) is 0 Å². The van der Waals surface area contributed by atoms with Crippen molar-refractivity contribution in [1.82, 2.24) is 25.0 Å². The van der Waals surface area contributed by atoms with E-state index in [0.29, 0.717) is 0 Å². The Morgan fingerprint density at radius 2 is 2.23 bits per heavy atom. The normalized spacial score (nSPS) is 10.6. The number of fused-ring (bicyclic) bond motifs is 1. The Kier molecular flexibility index (Phi) is 1.51. The number of hydrogen-bond donors (Lipinski definition) is 1. The van der Waals surface area contributed by atoms with E-state index in [0.717, 1.165) is 0 Å². The van der Waals surface area contributed by atoms with Gasteiger partial charge in [-0.05, 0) is 0 Å². The maximum absolute atomic E-state index is 11.5. The van der Waals surface area contributed by atoms with Crippen molar-refractivity contribution in [2.24, 2.45) is 7.05 Å². The molecule has 0 saturated heterocycles. The van der Waals surface area contributed by atoms with Gasteiger partial charge in [-0.1, -0.05) is 0 Å². The first-order valence-corrected chi connectivity index (χ1v) is 3.55. The summed E-state index contributed by atoms with van der Waals surface area (Å²) in [6.45, 7) is 0. The van der Waals surface area contributed by atoms with Gasteiger partial charge in [0.2, 0.25) is 5.65 Å². The van der Waals surface area contributed by atoms with Crippen LogP contribution in [-0.4, -0.2) is 32.1 Å². The monoisotopic (exact) mass is 181 g/mol. The van der Waals surface area contributed by atoms with Crippen molar-refractivity contribution in [1.29, 1.82) is 0 Å². The van der Waals surface area contributed by atoms with E-state index in [1.54, 1.807) is 7.05 Å². The molecule has 7 heteroatoms. The molecule has 68 valence electrons. The van der Waals surface area contributed by atoms with Crippen LogP contribution < -0.4 is 10.3 Å². The molecule has 0 aliphatic heterocycles. The van der Waals surface area contributed by atoms with E-state index in [1.165, 1.54) is 11.7 Å². The van der Waals surface area contributed by atoms with Crippen LogP contribution in [0.4, 0.5) is 0 Å². The molecule has 2 rings (SSSR count). The molecule has 0 saturated carbocycles. The molecule has 0 aliphatic rings. The van der Waals surface area contributed by atoms with Gasteiger partial charge >= 0.3 is 6.01 Å². The molecular formula is C6H7N5O2. The maximum Gasteiger partial charge on any atom is 0.300 e. The third-order valence-electron chi connectivity index (χ3n) is 1.71. The zero-order valence-corrected chi connectivity index (χ0v) is 7.11. The zero-order valence-electron chi connectivity index (χ0n) is 7.11. The van der Waals surface area contributed by atoms with Crippen LogP contribution in [0.25, 0.3) is 11.2 Å². The number of ether oxygens (including phenoxy) is 1. The number of methoxy groups -OCH3 is 1. The quantitative estimate of drug-likeness (QED) is 0.613. The van der Waals surface area contributed by atoms with E-state index in [9.17, 15) is 4.79 Å². The van der Waals surface area contributed by atoms with Crippen LogP contribution in [0, 0.1) is 0 Å². The van der Waals surface area contributed by atoms with E-state index in [4.69, 9.17) is 4.74 Å². The molecule has 0 spiro atoms. The Labute approximate surface area is 72.4 Å². The fourth-order valence-corrected chi connectivity index (χ4v) is 1.04. The first-order valence-electron chi connectivity index (χ1n) is 3.55. The fraction of sp³-hybridized carbons (Fsp3) is 0.333. The molecule has 2 aromatic heterocycles. The minimum atomic E-state index is -0.282. The van der Waals surface area contributed by atoms with Gasteiger partial charge in [0.15, 0.2) is 5.52 Å². The van der Waals surface area contributed by atoms with Gasteiger partial charge in [-0.3, -0.25) is 9.36 Å². The Morgan fingerprint density at radius 1 is 1.46 bits per heavy atom. The number of aromatic nitrogens is 5. The number of H-pyrrole nitrogens is 1. The smallest absolute Gasteiger partial charge is 0.300 e. The second-order valence-corrected chi connectivity index (χ2v) is 2.46. The summed E-state index contributed by atoms with van der Waals surface area (Å²) in [4.78, 5) is 15.4. The van der Waals surface area contributed by atoms with Crippen molar-refractivity contribution in [3.63, 3.8) is 0 Å². The highest BCUT2D eigenvalue weighted by molar-refractivity contribution is 5.67. The Hall–Kier alpha value is -1.92. The summed E-state index contributed by atoms with van der Waals surface area (Å²) in [5.41, 5.74) is 0.193. The molecule has 13 heavy (non-hydrogen) atoms. The highest BCUT2D eigenvalue weighted by Crippen LogP contribution is 2.05. The SMILES string of the molecule is COc1nc2n[nH]nc2c(=O)n1C. The molecule has 0 radical (unpaired) electrons. The van der Waals surface area contributed by atoms with Crippen LogP contribution in [0.15, 0.2) is 4.79 Å². The molecule has 7 nitrogen and oxygen atoms in total. The predicted molar refractivity (Wildman–Crippen MR) is 43.5 cm³/mol. The highest BCUT2D eigenvalue weighted by atomic mass is 16.5. The van der Waals surface area contributed by atoms with Crippen LogP contribution >= 0.6 is 0 Å². The topological polar surface area (TPSA) is 85.7 Å². The van der Waals surface area contributed by atoms with Gasteiger partial charge in [0.05, 0.1) is 7.11 Å². The predicted octanol–water partition coefficient (Wildman–Crippen LogP) is -0.940. The molecule has 0 aliphatic carbocycles. The third-order valence-corrected chi connectivity index (χ3v) is 1.71. The average Bonchev–Trinajstić information content (AvgIpc) is 2.59. The first kappa shape index (κ1) is 7.71. The fourth-order valence-electron chi connectivity index (χ4n) is 1.04. The van der Waals surface area contributed by atoms with Crippen molar-refractivity contribution >= 4 is 11.2 Å². The molecule has 0 unspecified atom stereocenters. The van der Waals surface area contributed by atoms with Gasteiger partial charge < -0.3 is 4.74 Å². The van der Waals surface area contributed by atoms with Gasteiger partial charge in [0.25, 0.3) is 5.56 Å². The molecule has 2 aromatic rings. The molecule has 1 N–H and O–H groups in total. The second kappa shape index (κ2) is 2.54. The van der Waals surface area contributed by atoms with Crippen LogP contribution in [0.1, 0.15) is 0 Å². The van der Waals surface area contributed by atoms with Crippen LogP contribution in [0.3, 0.4) is 0 Å². The summed E-state index contributed by atoms with van der Waals surface area (Å²) in [6, 6.07) is 0.214. The maximum atomic E-state index is 11.5. The lowest BCUT2D eigenvalue weighted by Gasteiger charge is -2.02. The van der Waals surface area contributed by atoms with Gasteiger partial charge in [0.1, 0.15) is 0 Å². The first-order chi connectivity index (χ1) is 6.24. The molecule has 0 atom stereocenters. The summed E-state index contributed by atoms with van der Waals surface area (Å²) in [5.74, 6) is 0. The lowest BCUT2D eigenvalue weighted by Crippen LogP contribution is -2.19. The average molecular weight is 181 g/mol. The Morgan fingerprint density at radius 3 is 2.92 bits per heavy atom. The molecule has 0 aromatic carbocycles. The molecule has 0 bridgehead atoms. The van der Waals surface area contributed by atoms with E-state index >= 15 is 0 Å². The number of aromatic amines is 1. The van der Waals surface area contributed by atoms with Crippen LogP contribution in [0.2, 0.25) is 0 Å². The van der Waals surface area contributed by atoms with Crippen LogP contribution in [0.5, 0.6) is 6.01 Å². The van der Waals surface area contributed by atoms with Crippen molar-refractivity contribution in [3.05, 3.63) is 10.4 Å². The van der Waals surface area contributed by atoms with Gasteiger partial charge in [-0.15, -0.1) is 10.2 Å². The Bertz CT molecular complexity index is 499. The van der Waals surface area contributed by atoms with E-state index in [-0.39, 0.29) is 22.7 Å². The summed E-state index contributed by atoms with van der Waals surface area (Å²) in [5, 5.41) is 9.68. The van der Waals surface area contributed by atoms with Gasteiger partial charge in [-0.25, -0.2) is 0 Å². The van der Waals surface area contributed by atoms with E-state index in [2.05, 4.69) is 20.4 Å². The van der Waals surface area contributed by atoms with E-state index < -0.39 is 0 Å². The van der Waals surface area contributed by atoms with Crippen molar-refractivity contribution in [2.45, 2.75) is 0 Å². The molecule has 0 fully saturated rings. The zero-order chi connectivity index (χ0) is 9.42. The van der Waals surface area contributed by atoms with Crippen molar-refractivity contribution in [3.8, 4) is 6.01 Å². The lowest BCUT2D eigenvalue weighted by atomic mass is 10.5. The largest absolute Gasteiger partial charge is 0.468 e. The molecular weight excluding hydrogens is 174 g/mol. The summed E-state index contributed by atoms with van der Waals surface area (Å²) in [7, 11) is 3.00. The van der Waals surface area contributed by atoms with Crippen molar-refractivity contribution in [2.75, 3.05) is 7.11 Å². The summed E-state index contributed by atoms with van der Waals surface area (Å²) >= 11 is 0. The van der Waals surface area contributed by atoms with Crippen molar-refractivity contribution < 1.29 is 4.74 Å². The van der Waals surface area contributed by atoms with Gasteiger partial charge in [-0.2, -0.15) is 10.2 Å². The Balaban J connectivity index is 2.92. The minimum absolute atomic E-state index is 0.211. The second-order valence-electron chi connectivity index (χ2n) is 2.46. The highest BCUT2D eigenvalue weighted by Gasteiger charge is 2.10. The number of rotatable bonds is 1.